The molecule has 0 heterocycles. The zero-order chi connectivity index (χ0) is 8.43. The summed E-state index contributed by atoms with van der Waals surface area (Å²) in [5, 5.41) is 0. The van der Waals surface area contributed by atoms with E-state index in [-0.39, 0.29) is 5.92 Å². The van der Waals surface area contributed by atoms with Crippen molar-refractivity contribution in [3.05, 3.63) is 12.2 Å². The third-order valence-corrected chi connectivity index (χ3v) is 2.45. The lowest BCUT2D eigenvalue weighted by Gasteiger charge is -2.22. The summed E-state index contributed by atoms with van der Waals surface area (Å²) in [4.78, 5) is 11.3. The monoisotopic (exact) mass is 152 g/mol. The number of ketones is 1. The Labute approximate surface area is 68.5 Å². The summed E-state index contributed by atoms with van der Waals surface area (Å²) in [5.74, 6) is 1.64. The Morgan fingerprint density at radius 1 is 1.45 bits per heavy atom. The number of hydrogen-bond donors (Lipinski definition) is 0. The van der Waals surface area contributed by atoms with Crippen LogP contribution in [0.25, 0.3) is 0 Å². The zero-order valence-electron chi connectivity index (χ0n) is 7.50. The van der Waals surface area contributed by atoms with Gasteiger partial charge in [0.25, 0.3) is 0 Å². The SMILES string of the molecule is CC(C)[C@@H]1C=C[C@H](C)C(=O)C1. The van der Waals surface area contributed by atoms with Gasteiger partial charge in [-0.25, -0.2) is 0 Å². The van der Waals surface area contributed by atoms with Gasteiger partial charge < -0.3 is 0 Å². The third kappa shape index (κ3) is 1.92. The van der Waals surface area contributed by atoms with Crippen LogP contribution in [-0.2, 0) is 4.79 Å². The van der Waals surface area contributed by atoms with Crippen LogP contribution in [0.1, 0.15) is 27.2 Å². The van der Waals surface area contributed by atoms with Gasteiger partial charge in [0.15, 0.2) is 0 Å². The van der Waals surface area contributed by atoms with Crippen LogP contribution in [0, 0.1) is 17.8 Å². The van der Waals surface area contributed by atoms with Crippen LogP contribution < -0.4 is 0 Å². The molecule has 0 bridgehead atoms. The summed E-state index contributed by atoms with van der Waals surface area (Å²) >= 11 is 0. The fraction of sp³-hybridized carbons (Fsp3) is 0.700. The van der Waals surface area contributed by atoms with Crippen LogP contribution in [0.3, 0.4) is 0 Å². The molecule has 0 aromatic rings. The van der Waals surface area contributed by atoms with Crippen molar-refractivity contribution in [1.82, 2.24) is 0 Å². The number of carbonyl (C=O) groups is 1. The minimum absolute atomic E-state index is 0.157. The van der Waals surface area contributed by atoms with Crippen LogP contribution in [0.5, 0.6) is 0 Å². The second-order valence-electron chi connectivity index (χ2n) is 3.75. The molecule has 0 fully saturated rings. The van der Waals surface area contributed by atoms with E-state index < -0.39 is 0 Å². The molecule has 0 N–H and O–H groups in total. The standard InChI is InChI=1S/C10H16O/c1-7(2)9-5-4-8(3)10(11)6-9/h4-5,7-9H,6H2,1-3H3/t8-,9+/m0/s1. The molecule has 0 saturated heterocycles. The maximum absolute atomic E-state index is 11.3. The molecule has 0 radical (unpaired) electrons. The molecule has 1 aliphatic carbocycles. The third-order valence-electron chi connectivity index (χ3n) is 2.45. The molecule has 0 aromatic heterocycles. The average Bonchev–Trinajstić information content (AvgIpc) is 1.94. The van der Waals surface area contributed by atoms with E-state index in [2.05, 4.69) is 19.9 Å². The lowest BCUT2D eigenvalue weighted by molar-refractivity contribution is -0.122. The molecular formula is C10H16O. The highest BCUT2D eigenvalue weighted by Crippen LogP contribution is 2.24. The summed E-state index contributed by atoms with van der Waals surface area (Å²) in [6.07, 6.45) is 4.97. The second kappa shape index (κ2) is 3.21. The highest BCUT2D eigenvalue weighted by Gasteiger charge is 2.22. The van der Waals surface area contributed by atoms with Crippen molar-refractivity contribution in [3.8, 4) is 0 Å². The Morgan fingerprint density at radius 3 is 2.55 bits per heavy atom. The maximum Gasteiger partial charge on any atom is 0.140 e. The largest absolute Gasteiger partial charge is 0.299 e. The number of rotatable bonds is 1. The first kappa shape index (κ1) is 8.51. The fourth-order valence-electron chi connectivity index (χ4n) is 1.36. The van der Waals surface area contributed by atoms with Crippen molar-refractivity contribution < 1.29 is 4.79 Å². The molecule has 0 amide bonds. The van der Waals surface area contributed by atoms with Crippen LogP contribution in [-0.4, -0.2) is 5.78 Å². The number of hydrogen-bond acceptors (Lipinski definition) is 1. The van der Waals surface area contributed by atoms with Gasteiger partial charge in [0.2, 0.25) is 0 Å². The van der Waals surface area contributed by atoms with Crippen molar-refractivity contribution >= 4 is 5.78 Å². The van der Waals surface area contributed by atoms with E-state index in [4.69, 9.17) is 0 Å². The number of allylic oxidation sites excluding steroid dienone is 2. The highest BCUT2D eigenvalue weighted by molar-refractivity contribution is 5.83. The van der Waals surface area contributed by atoms with Crippen molar-refractivity contribution in [2.24, 2.45) is 17.8 Å². The molecule has 11 heavy (non-hydrogen) atoms. The van der Waals surface area contributed by atoms with Crippen LogP contribution >= 0.6 is 0 Å². The van der Waals surface area contributed by atoms with E-state index in [1.54, 1.807) is 0 Å². The second-order valence-corrected chi connectivity index (χ2v) is 3.75. The predicted molar refractivity (Wildman–Crippen MR) is 46.3 cm³/mol. The topological polar surface area (TPSA) is 17.1 Å². The van der Waals surface area contributed by atoms with E-state index in [9.17, 15) is 4.79 Å². The quantitative estimate of drug-likeness (QED) is 0.527. The van der Waals surface area contributed by atoms with E-state index >= 15 is 0 Å². The van der Waals surface area contributed by atoms with Gasteiger partial charge in [-0.1, -0.05) is 32.9 Å². The normalized spacial score (nSPS) is 31.5. The Bertz CT molecular complexity index is 179. The zero-order valence-corrected chi connectivity index (χ0v) is 7.50. The van der Waals surface area contributed by atoms with E-state index in [1.807, 2.05) is 13.0 Å². The molecule has 0 saturated carbocycles. The molecule has 0 unspecified atom stereocenters. The van der Waals surface area contributed by atoms with Gasteiger partial charge in [-0.3, -0.25) is 4.79 Å². The predicted octanol–water partition coefficient (Wildman–Crippen LogP) is 2.42. The smallest absolute Gasteiger partial charge is 0.140 e. The van der Waals surface area contributed by atoms with Crippen molar-refractivity contribution in [2.75, 3.05) is 0 Å². The first-order valence-corrected chi connectivity index (χ1v) is 4.32. The molecule has 1 rings (SSSR count). The molecule has 0 aromatic carbocycles. The first-order chi connectivity index (χ1) is 5.11. The summed E-state index contributed by atoms with van der Waals surface area (Å²) in [6, 6.07) is 0. The number of Topliss-reactive ketones (excluding diaryl/α,β-unsaturated/α-hetero) is 1. The van der Waals surface area contributed by atoms with Crippen molar-refractivity contribution in [3.63, 3.8) is 0 Å². The summed E-state index contributed by atoms with van der Waals surface area (Å²) in [5.41, 5.74) is 0. The summed E-state index contributed by atoms with van der Waals surface area (Å²) < 4.78 is 0. The van der Waals surface area contributed by atoms with Gasteiger partial charge in [0.1, 0.15) is 5.78 Å². The van der Waals surface area contributed by atoms with Gasteiger partial charge in [-0.2, -0.15) is 0 Å². The van der Waals surface area contributed by atoms with Gasteiger partial charge in [-0.05, 0) is 11.8 Å². The molecular weight excluding hydrogens is 136 g/mol. The van der Waals surface area contributed by atoms with E-state index in [1.165, 1.54) is 0 Å². The van der Waals surface area contributed by atoms with Crippen LogP contribution in [0.15, 0.2) is 12.2 Å². The summed E-state index contributed by atoms with van der Waals surface area (Å²) in [6.45, 7) is 6.30. The highest BCUT2D eigenvalue weighted by atomic mass is 16.1. The average molecular weight is 152 g/mol. The van der Waals surface area contributed by atoms with Gasteiger partial charge in [0, 0.05) is 12.3 Å². The lowest BCUT2D eigenvalue weighted by Crippen LogP contribution is -2.21. The molecule has 0 spiro atoms. The molecule has 2 atom stereocenters. The minimum Gasteiger partial charge on any atom is -0.299 e. The maximum atomic E-state index is 11.3. The van der Waals surface area contributed by atoms with E-state index in [0.29, 0.717) is 17.6 Å². The molecule has 1 heteroatoms. The van der Waals surface area contributed by atoms with Gasteiger partial charge in [0.05, 0.1) is 0 Å². The summed E-state index contributed by atoms with van der Waals surface area (Å²) in [7, 11) is 0. The Kier molecular flexibility index (Phi) is 2.48. The van der Waals surface area contributed by atoms with Gasteiger partial charge in [-0.15, -0.1) is 0 Å². The fourth-order valence-corrected chi connectivity index (χ4v) is 1.36. The molecule has 1 nitrogen and oxygen atoms in total. The lowest BCUT2D eigenvalue weighted by atomic mass is 9.82. The minimum atomic E-state index is 0.157. The Hall–Kier alpha value is -0.590. The Balaban J connectivity index is 2.64. The van der Waals surface area contributed by atoms with Crippen LogP contribution in [0.4, 0.5) is 0 Å². The Morgan fingerprint density at radius 2 is 2.09 bits per heavy atom. The number of carbonyl (C=O) groups excluding carboxylic acids is 1. The van der Waals surface area contributed by atoms with Gasteiger partial charge >= 0.3 is 0 Å². The van der Waals surface area contributed by atoms with E-state index in [0.717, 1.165) is 6.42 Å². The van der Waals surface area contributed by atoms with Crippen molar-refractivity contribution in [2.45, 2.75) is 27.2 Å². The first-order valence-electron chi connectivity index (χ1n) is 4.32. The molecule has 0 aliphatic heterocycles. The van der Waals surface area contributed by atoms with Crippen LogP contribution in [0.2, 0.25) is 0 Å². The molecule has 1 aliphatic rings. The molecule has 62 valence electrons. The van der Waals surface area contributed by atoms with Crippen molar-refractivity contribution in [1.29, 1.82) is 0 Å².